The van der Waals surface area contributed by atoms with Crippen LogP contribution in [0.4, 0.5) is 0 Å². The maximum Gasteiger partial charge on any atom is 0.253 e. The first kappa shape index (κ1) is 15.2. The number of nitrogens with one attached hydrogen (secondary N) is 1. The largest absolute Gasteiger partial charge is 0.349 e. The number of pyridine rings is 1. The molecule has 1 heterocycles. The Morgan fingerprint density at radius 3 is 2.50 bits per heavy atom. The van der Waals surface area contributed by atoms with Gasteiger partial charge in [-0.15, -0.1) is 0 Å². The summed E-state index contributed by atoms with van der Waals surface area (Å²) in [7, 11) is 0. The van der Waals surface area contributed by atoms with E-state index in [1.165, 1.54) is 5.56 Å². The molecule has 1 amide bonds. The smallest absolute Gasteiger partial charge is 0.253 e. The summed E-state index contributed by atoms with van der Waals surface area (Å²) in [6.45, 7) is 0. The number of hydrogen-bond acceptors (Lipinski definition) is 2. The fourth-order valence-electron chi connectivity index (χ4n) is 3.10. The molecule has 1 aromatic carbocycles. The van der Waals surface area contributed by atoms with E-state index in [0.29, 0.717) is 11.5 Å². The molecule has 1 aliphatic rings. The first-order valence-electron chi connectivity index (χ1n) is 7.69. The van der Waals surface area contributed by atoms with Gasteiger partial charge in [0.25, 0.3) is 5.91 Å². The summed E-state index contributed by atoms with van der Waals surface area (Å²) in [4.78, 5) is 16.3. The summed E-state index contributed by atoms with van der Waals surface area (Å²) in [5, 5.41) is 3.13. The van der Waals surface area contributed by atoms with E-state index < -0.39 is 0 Å². The predicted octanol–water partition coefficient (Wildman–Crippen LogP) is 4.30. The lowest BCUT2D eigenvalue weighted by Crippen LogP contribution is -2.37. The number of benzene rings is 1. The maximum atomic E-state index is 12.2. The lowest BCUT2D eigenvalue weighted by Gasteiger charge is -2.29. The van der Waals surface area contributed by atoms with Crippen molar-refractivity contribution in [2.75, 3.05) is 0 Å². The molecule has 0 bridgehead atoms. The van der Waals surface area contributed by atoms with Crippen LogP contribution >= 0.6 is 15.9 Å². The lowest BCUT2D eigenvalue weighted by atomic mass is 9.82. The van der Waals surface area contributed by atoms with Gasteiger partial charge in [0.1, 0.15) is 0 Å². The molecule has 0 atom stereocenters. The van der Waals surface area contributed by atoms with E-state index in [2.05, 4.69) is 56.6 Å². The highest BCUT2D eigenvalue weighted by molar-refractivity contribution is 9.10. The summed E-state index contributed by atoms with van der Waals surface area (Å²) >= 11 is 3.35. The molecule has 1 saturated carbocycles. The van der Waals surface area contributed by atoms with E-state index in [1.54, 1.807) is 18.5 Å². The highest BCUT2D eigenvalue weighted by Crippen LogP contribution is 2.32. The van der Waals surface area contributed by atoms with Crippen LogP contribution in [-0.2, 0) is 0 Å². The fraction of sp³-hybridized carbons (Fsp3) is 0.333. The molecule has 3 nitrogen and oxygen atoms in total. The van der Waals surface area contributed by atoms with Gasteiger partial charge >= 0.3 is 0 Å². The number of amides is 1. The SMILES string of the molecule is O=C(NC1CCC(c2ccccc2)CC1)c1cncc(Br)c1. The molecule has 1 N–H and O–H groups in total. The Labute approximate surface area is 139 Å². The number of aromatic nitrogens is 1. The van der Waals surface area contributed by atoms with Crippen LogP contribution in [0.5, 0.6) is 0 Å². The standard InChI is InChI=1S/C18H19BrN2O/c19-16-10-15(11-20-12-16)18(22)21-17-8-6-14(7-9-17)13-4-2-1-3-5-13/h1-5,10-12,14,17H,6-9H2,(H,21,22). The number of hydrogen-bond donors (Lipinski definition) is 1. The third-order valence-corrected chi connectivity index (χ3v) is 4.73. The zero-order chi connectivity index (χ0) is 15.4. The monoisotopic (exact) mass is 358 g/mol. The van der Waals surface area contributed by atoms with Crippen LogP contribution in [0.1, 0.15) is 47.5 Å². The summed E-state index contributed by atoms with van der Waals surface area (Å²) < 4.78 is 0.827. The molecule has 2 aromatic rings. The van der Waals surface area contributed by atoms with E-state index in [-0.39, 0.29) is 11.9 Å². The summed E-state index contributed by atoms with van der Waals surface area (Å²) in [6.07, 6.45) is 7.62. The number of rotatable bonds is 3. The van der Waals surface area contributed by atoms with E-state index in [9.17, 15) is 4.79 Å². The van der Waals surface area contributed by atoms with Crippen LogP contribution < -0.4 is 5.32 Å². The van der Waals surface area contributed by atoms with E-state index in [1.807, 2.05) is 0 Å². The molecule has 4 heteroatoms. The second-order valence-electron chi connectivity index (χ2n) is 5.82. The Bertz CT molecular complexity index is 637. The molecule has 1 aliphatic carbocycles. The molecular formula is C18H19BrN2O. The topological polar surface area (TPSA) is 42.0 Å². The number of carbonyl (C=O) groups is 1. The third-order valence-electron chi connectivity index (χ3n) is 4.30. The molecule has 1 aromatic heterocycles. The molecule has 0 saturated heterocycles. The Morgan fingerprint density at radius 1 is 1.09 bits per heavy atom. The zero-order valence-electron chi connectivity index (χ0n) is 12.3. The molecule has 0 spiro atoms. The van der Waals surface area contributed by atoms with E-state index in [0.717, 1.165) is 30.2 Å². The molecule has 0 radical (unpaired) electrons. The van der Waals surface area contributed by atoms with Crippen molar-refractivity contribution in [3.05, 3.63) is 64.4 Å². The average Bonchev–Trinajstić information content (AvgIpc) is 2.56. The van der Waals surface area contributed by atoms with Gasteiger partial charge in [-0.25, -0.2) is 0 Å². The van der Waals surface area contributed by atoms with Crippen LogP contribution in [0.3, 0.4) is 0 Å². The molecule has 22 heavy (non-hydrogen) atoms. The van der Waals surface area contributed by atoms with Gasteiger partial charge in [0.05, 0.1) is 5.56 Å². The minimum absolute atomic E-state index is 0.0306. The van der Waals surface area contributed by atoms with Gasteiger partial charge in [-0.3, -0.25) is 9.78 Å². The molecular weight excluding hydrogens is 340 g/mol. The van der Waals surface area contributed by atoms with Gasteiger partial charge in [0.2, 0.25) is 0 Å². The Balaban J connectivity index is 1.55. The van der Waals surface area contributed by atoms with Gasteiger partial charge < -0.3 is 5.32 Å². The second-order valence-corrected chi connectivity index (χ2v) is 6.74. The van der Waals surface area contributed by atoms with Crippen LogP contribution in [-0.4, -0.2) is 16.9 Å². The quantitative estimate of drug-likeness (QED) is 0.888. The molecule has 0 unspecified atom stereocenters. The van der Waals surface area contributed by atoms with Crippen molar-refractivity contribution in [3.63, 3.8) is 0 Å². The van der Waals surface area contributed by atoms with Crippen LogP contribution in [0.25, 0.3) is 0 Å². The van der Waals surface area contributed by atoms with Crippen molar-refractivity contribution >= 4 is 21.8 Å². The van der Waals surface area contributed by atoms with Gasteiger partial charge in [0, 0.05) is 22.9 Å². The summed E-state index contributed by atoms with van der Waals surface area (Å²) in [5.74, 6) is 0.596. The van der Waals surface area contributed by atoms with Crippen molar-refractivity contribution in [2.45, 2.75) is 37.6 Å². The van der Waals surface area contributed by atoms with Gasteiger partial charge in [-0.2, -0.15) is 0 Å². The fourth-order valence-corrected chi connectivity index (χ4v) is 3.47. The van der Waals surface area contributed by atoms with Crippen molar-refractivity contribution in [1.29, 1.82) is 0 Å². The lowest BCUT2D eigenvalue weighted by molar-refractivity contribution is 0.0925. The highest BCUT2D eigenvalue weighted by atomic mass is 79.9. The number of nitrogens with zero attached hydrogens (tertiary/aromatic N) is 1. The van der Waals surface area contributed by atoms with Gasteiger partial charge in [-0.1, -0.05) is 30.3 Å². The first-order valence-corrected chi connectivity index (χ1v) is 8.48. The van der Waals surface area contributed by atoms with Crippen LogP contribution in [0, 0.1) is 0 Å². The predicted molar refractivity (Wildman–Crippen MR) is 90.8 cm³/mol. The molecule has 3 rings (SSSR count). The Hall–Kier alpha value is -1.68. The van der Waals surface area contributed by atoms with E-state index >= 15 is 0 Å². The zero-order valence-corrected chi connectivity index (χ0v) is 13.9. The Morgan fingerprint density at radius 2 is 1.82 bits per heavy atom. The van der Waals surface area contributed by atoms with Crippen molar-refractivity contribution in [2.24, 2.45) is 0 Å². The van der Waals surface area contributed by atoms with Crippen LogP contribution in [0.2, 0.25) is 0 Å². The van der Waals surface area contributed by atoms with Gasteiger partial charge in [0.15, 0.2) is 0 Å². The van der Waals surface area contributed by atoms with Crippen molar-refractivity contribution in [3.8, 4) is 0 Å². The second kappa shape index (κ2) is 7.05. The molecule has 114 valence electrons. The average molecular weight is 359 g/mol. The van der Waals surface area contributed by atoms with Crippen molar-refractivity contribution in [1.82, 2.24) is 10.3 Å². The minimum Gasteiger partial charge on any atom is -0.349 e. The third kappa shape index (κ3) is 3.74. The van der Waals surface area contributed by atoms with Crippen LogP contribution in [0.15, 0.2) is 53.3 Å². The maximum absolute atomic E-state index is 12.2. The van der Waals surface area contributed by atoms with Crippen molar-refractivity contribution < 1.29 is 4.79 Å². The number of carbonyl (C=O) groups excluding carboxylic acids is 1. The summed E-state index contributed by atoms with van der Waals surface area (Å²) in [6, 6.07) is 12.7. The number of halogens is 1. The molecule has 0 aliphatic heterocycles. The minimum atomic E-state index is -0.0306. The first-order chi connectivity index (χ1) is 10.7. The normalized spacial score (nSPS) is 21.3. The Kier molecular flexibility index (Phi) is 4.88. The highest BCUT2D eigenvalue weighted by Gasteiger charge is 2.23. The van der Waals surface area contributed by atoms with Gasteiger partial charge in [-0.05, 0) is 59.2 Å². The summed E-state index contributed by atoms with van der Waals surface area (Å²) in [5.41, 5.74) is 2.03. The van der Waals surface area contributed by atoms with E-state index in [4.69, 9.17) is 0 Å². The molecule has 1 fully saturated rings.